The number of aromatic amines is 1. The first kappa shape index (κ1) is 22.9. The molecule has 8 heteroatoms. The van der Waals surface area contributed by atoms with Crippen molar-refractivity contribution in [1.82, 2.24) is 4.98 Å². The summed E-state index contributed by atoms with van der Waals surface area (Å²) in [5.41, 5.74) is 2.37. The topological polar surface area (TPSA) is 123 Å². The minimum absolute atomic E-state index is 0. The summed E-state index contributed by atoms with van der Waals surface area (Å²) in [6.45, 7) is 1.08. The van der Waals surface area contributed by atoms with Gasteiger partial charge in [0.05, 0.1) is 0 Å². The molecule has 0 bridgehead atoms. The van der Waals surface area contributed by atoms with Crippen LogP contribution >= 0.6 is 0 Å². The summed E-state index contributed by atoms with van der Waals surface area (Å²) in [6, 6.07) is 13.5. The van der Waals surface area contributed by atoms with Crippen molar-refractivity contribution in [2.24, 2.45) is 4.99 Å². The van der Waals surface area contributed by atoms with Crippen molar-refractivity contribution < 1.29 is 42.0 Å². The van der Waals surface area contributed by atoms with Gasteiger partial charge in [0.25, 0.3) is 5.97 Å². The molecule has 0 fully saturated rings. The molecular formula is C20H20MnN2O5. The number of aromatic nitrogens is 1. The number of H-pyrrole nitrogens is 1. The van der Waals surface area contributed by atoms with Crippen molar-refractivity contribution in [2.45, 2.75) is 19.4 Å². The average Bonchev–Trinajstić information content (AvgIpc) is 3.02. The molecule has 3 aromatic rings. The zero-order chi connectivity index (χ0) is 19.8. The van der Waals surface area contributed by atoms with E-state index in [1.165, 1.54) is 12.3 Å². The third kappa shape index (κ3) is 6.57. The third-order valence-corrected chi connectivity index (χ3v) is 3.70. The normalized spacial score (nSPS) is 11.3. The number of para-hydroxylation sites is 2. The predicted octanol–water partition coefficient (Wildman–Crippen LogP) is 3.08. The quantitative estimate of drug-likeness (QED) is 0.371. The van der Waals surface area contributed by atoms with Crippen LogP contribution in [0.4, 0.5) is 0 Å². The van der Waals surface area contributed by atoms with Crippen molar-refractivity contribution in [3.05, 3.63) is 65.9 Å². The zero-order valence-electron chi connectivity index (χ0n) is 15.0. The molecule has 147 valence electrons. The fraction of sp³-hybridized carbons (Fsp3) is 0.150. The van der Waals surface area contributed by atoms with Gasteiger partial charge < -0.3 is 20.3 Å². The molecule has 3 rings (SSSR count). The molecule has 1 aromatic heterocycles. The summed E-state index contributed by atoms with van der Waals surface area (Å²) in [5, 5.41) is 27.5. The standard InChI is InChI=1S/C18H16N2O3.C2H4O2.Mn/c21-17-8-4-1-5-12(17)10-20-16(18(22)23)9-13-11-19-15-7-3-2-6-14(13)15;1-2(3)4;/h1-8,10-11,16,19,21H,9H2,(H,22,23);1H3,(H,3,4);/t16-;;/m0../s1. The van der Waals surface area contributed by atoms with E-state index in [0.717, 1.165) is 23.4 Å². The van der Waals surface area contributed by atoms with Crippen LogP contribution in [0.2, 0.25) is 0 Å². The largest absolute Gasteiger partial charge is 0.507 e. The molecule has 1 atom stereocenters. The Morgan fingerprint density at radius 3 is 2.36 bits per heavy atom. The summed E-state index contributed by atoms with van der Waals surface area (Å²) in [4.78, 5) is 27.7. The number of rotatable bonds is 5. The van der Waals surface area contributed by atoms with Gasteiger partial charge in [-0.25, -0.2) is 4.79 Å². The van der Waals surface area contributed by atoms with Crippen LogP contribution in [-0.4, -0.2) is 44.5 Å². The average molecular weight is 423 g/mol. The number of benzene rings is 2. The van der Waals surface area contributed by atoms with Crippen LogP contribution in [0.15, 0.2) is 59.7 Å². The Hall–Kier alpha value is -3.09. The molecule has 4 N–H and O–H groups in total. The van der Waals surface area contributed by atoms with Crippen LogP contribution in [0.25, 0.3) is 10.9 Å². The molecule has 0 saturated heterocycles. The van der Waals surface area contributed by atoms with Gasteiger partial charge in [-0.2, -0.15) is 0 Å². The van der Waals surface area contributed by atoms with Crippen molar-refractivity contribution in [2.75, 3.05) is 0 Å². The number of carboxylic acid groups (broad SMARTS) is 2. The number of aliphatic imine (C=N–C) groups is 1. The van der Waals surface area contributed by atoms with Gasteiger partial charge in [0.1, 0.15) is 5.75 Å². The molecule has 1 heterocycles. The van der Waals surface area contributed by atoms with Crippen LogP contribution in [0.1, 0.15) is 18.1 Å². The second-order valence-electron chi connectivity index (χ2n) is 5.77. The second kappa shape index (κ2) is 10.9. The van der Waals surface area contributed by atoms with E-state index in [1.807, 2.05) is 30.5 Å². The van der Waals surface area contributed by atoms with Crippen LogP contribution in [0, 0.1) is 0 Å². The smallest absolute Gasteiger partial charge is 0.328 e. The van der Waals surface area contributed by atoms with Crippen molar-refractivity contribution >= 4 is 29.1 Å². The second-order valence-corrected chi connectivity index (χ2v) is 5.77. The maximum Gasteiger partial charge on any atom is 0.328 e. The van der Waals surface area contributed by atoms with Crippen molar-refractivity contribution in [3.63, 3.8) is 0 Å². The van der Waals surface area contributed by atoms with E-state index in [-0.39, 0.29) is 29.2 Å². The maximum atomic E-state index is 11.5. The van der Waals surface area contributed by atoms with Gasteiger partial charge in [-0.15, -0.1) is 0 Å². The predicted molar refractivity (Wildman–Crippen MR) is 102 cm³/mol. The van der Waals surface area contributed by atoms with Gasteiger partial charge in [-0.1, -0.05) is 30.3 Å². The monoisotopic (exact) mass is 423 g/mol. The minimum atomic E-state index is -0.998. The van der Waals surface area contributed by atoms with Gasteiger partial charge in [0.15, 0.2) is 6.04 Å². The zero-order valence-corrected chi connectivity index (χ0v) is 16.2. The molecular weight excluding hydrogens is 403 g/mol. The van der Waals surface area contributed by atoms with Crippen LogP contribution in [-0.2, 0) is 33.1 Å². The number of carbonyl (C=O) groups is 2. The molecule has 0 unspecified atom stereocenters. The van der Waals surface area contributed by atoms with E-state index >= 15 is 0 Å². The number of hydrogen-bond donors (Lipinski definition) is 4. The van der Waals surface area contributed by atoms with E-state index in [4.69, 9.17) is 9.90 Å². The van der Waals surface area contributed by atoms with Crippen LogP contribution in [0.5, 0.6) is 5.75 Å². The molecule has 0 saturated carbocycles. The molecule has 0 aliphatic rings. The molecule has 7 nitrogen and oxygen atoms in total. The summed E-state index contributed by atoms with van der Waals surface area (Å²) < 4.78 is 0. The maximum absolute atomic E-state index is 11.5. The van der Waals surface area contributed by atoms with E-state index < -0.39 is 18.0 Å². The Labute approximate surface area is 172 Å². The molecule has 1 radical (unpaired) electrons. The fourth-order valence-corrected chi connectivity index (χ4v) is 2.48. The number of fused-ring (bicyclic) bond motifs is 1. The number of hydrogen-bond acceptors (Lipinski definition) is 4. The van der Waals surface area contributed by atoms with Gasteiger partial charge in [-0.3, -0.25) is 9.79 Å². The molecule has 0 aliphatic carbocycles. The summed E-state index contributed by atoms with van der Waals surface area (Å²) in [7, 11) is 0. The Bertz CT molecular complexity index is 964. The molecule has 28 heavy (non-hydrogen) atoms. The number of nitrogens with one attached hydrogen (secondary N) is 1. The molecule has 0 aliphatic heterocycles. The Balaban J connectivity index is 0.000000717. The van der Waals surface area contributed by atoms with Gasteiger partial charge >= 0.3 is 5.97 Å². The minimum Gasteiger partial charge on any atom is -0.507 e. The van der Waals surface area contributed by atoms with Crippen molar-refractivity contribution in [1.29, 1.82) is 0 Å². The van der Waals surface area contributed by atoms with E-state index in [2.05, 4.69) is 9.98 Å². The molecule has 0 amide bonds. The first-order valence-electron chi connectivity index (χ1n) is 8.17. The number of phenolic OH excluding ortho intramolecular Hbond substituents is 1. The van der Waals surface area contributed by atoms with E-state index in [9.17, 15) is 15.0 Å². The Morgan fingerprint density at radius 1 is 1.11 bits per heavy atom. The number of nitrogens with zero attached hydrogens (tertiary/aromatic N) is 1. The fourth-order valence-electron chi connectivity index (χ4n) is 2.48. The number of carboxylic acids is 2. The third-order valence-electron chi connectivity index (χ3n) is 3.70. The van der Waals surface area contributed by atoms with E-state index in [1.54, 1.807) is 18.2 Å². The number of aromatic hydroxyl groups is 1. The summed E-state index contributed by atoms with van der Waals surface area (Å²) in [6.07, 6.45) is 3.50. The van der Waals surface area contributed by atoms with Crippen LogP contribution < -0.4 is 0 Å². The Kier molecular flexibility index (Phi) is 8.94. The van der Waals surface area contributed by atoms with Gasteiger partial charge in [-0.05, 0) is 23.8 Å². The summed E-state index contributed by atoms with van der Waals surface area (Å²) in [5.74, 6) is -1.76. The van der Waals surface area contributed by atoms with Gasteiger partial charge in [0, 0.05) is 59.3 Å². The Morgan fingerprint density at radius 2 is 1.71 bits per heavy atom. The van der Waals surface area contributed by atoms with Crippen LogP contribution in [0.3, 0.4) is 0 Å². The number of aliphatic carboxylic acids is 2. The van der Waals surface area contributed by atoms with E-state index in [0.29, 0.717) is 5.56 Å². The SMILES string of the molecule is CC(=O)O.O=C(O)[C@H](Cc1c[nH]c2ccccc12)N=Cc1ccccc1O.[Mn]. The first-order chi connectivity index (χ1) is 12.9. The first-order valence-corrected chi connectivity index (χ1v) is 8.17. The van der Waals surface area contributed by atoms with Gasteiger partial charge in [0.2, 0.25) is 0 Å². The molecule has 2 aromatic carbocycles. The van der Waals surface area contributed by atoms with Crippen molar-refractivity contribution in [3.8, 4) is 5.75 Å². The molecule has 0 spiro atoms. The number of phenols is 1. The summed E-state index contributed by atoms with van der Waals surface area (Å²) >= 11 is 0.